The minimum absolute atomic E-state index is 0.0253. The molecule has 0 atom stereocenters. The lowest BCUT2D eigenvalue weighted by Gasteiger charge is -2.36. The predicted molar refractivity (Wildman–Crippen MR) is 99.9 cm³/mol. The molecule has 1 N–H and O–H groups in total. The molecule has 3 rings (SSSR count). The number of carbonyl (C=O) groups is 1. The summed E-state index contributed by atoms with van der Waals surface area (Å²) in [5.41, 5.74) is 1.66. The van der Waals surface area contributed by atoms with Crippen LogP contribution in [0.25, 0.3) is 0 Å². The summed E-state index contributed by atoms with van der Waals surface area (Å²) in [5.74, 6) is 0.985. The molecule has 0 saturated carbocycles. The molecule has 132 valence electrons. The number of rotatable bonds is 5. The highest BCUT2D eigenvalue weighted by Gasteiger charge is 2.23. The Bertz CT molecular complexity index is 696. The highest BCUT2D eigenvalue weighted by atomic mass is 16.2. The van der Waals surface area contributed by atoms with Gasteiger partial charge in [0.2, 0.25) is 5.95 Å². The van der Waals surface area contributed by atoms with Gasteiger partial charge < -0.3 is 15.1 Å². The van der Waals surface area contributed by atoms with Crippen molar-refractivity contribution in [3.8, 4) is 0 Å². The first-order valence-corrected chi connectivity index (χ1v) is 8.79. The molecular weight excluding hydrogens is 314 g/mol. The van der Waals surface area contributed by atoms with E-state index in [4.69, 9.17) is 0 Å². The number of hydrogen-bond donors (Lipinski definition) is 1. The fourth-order valence-corrected chi connectivity index (χ4v) is 2.83. The number of aromatic nitrogens is 2. The molecule has 0 aliphatic carbocycles. The molecule has 1 aliphatic rings. The number of para-hydroxylation sites is 1. The second-order valence-corrected chi connectivity index (χ2v) is 6.66. The van der Waals surface area contributed by atoms with Crippen LogP contribution in [0.3, 0.4) is 0 Å². The Morgan fingerprint density at radius 3 is 2.52 bits per heavy atom. The lowest BCUT2D eigenvalue weighted by atomic mass is 10.2. The second kappa shape index (κ2) is 7.96. The number of nitrogens with one attached hydrogen (secondary N) is 1. The Morgan fingerprint density at radius 2 is 1.84 bits per heavy atom. The number of hydrogen-bond acceptors (Lipinski definition) is 5. The Morgan fingerprint density at radius 1 is 1.12 bits per heavy atom. The fraction of sp³-hybridized carbons (Fsp3) is 0.421. The van der Waals surface area contributed by atoms with Crippen molar-refractivity contribution in [2.75, 3.05) is 42.9 Å². The maximum atomic E-state index is 12.7. The third-order valence-electron chi connectivity index (χ3n) is 4.23. The van der Waals surface area contributed by atoms with E-state index in [-0.39, 0.29) is 5.91 Å². The third-order valence-corrected chi connectivity index (χ3v) is 4.23. The van der Waals surface area contributed by atoms with Gasteiger partial charge in [-0.1, -0.05) is 32.0 Å². The molecule has 0 radical (unpaired) electrons. The van der Waals surface area contributed by atoms with Gasteiger partial charge in [0.25, 0.3) is 5.91 Å². The molecule has 6 heteroatoms. The molecule has 1 aromatic carbocycles. The van der Waals surface area contributed by atoms with Crippen molar-refractivity contribution in [2.24, 2.45) is 5.92 Å². The Balaban J connectivity index is 1.60. The van der Waals surface area contributed by atoms with Crippen LogP contribution in [0.15, 0.2) is 42.6 Å². The molecule has 2 heterocycles. The van der Waals surface area contributed by atoms with E-state index in [0.29, 0.717) is 30.6 Å². The van der Waals surface area contributed by atoms with E-state index >= 15 is 0 Å². The van der Waals surface area contributed by atoms with Crippen LogP contribution in [0, 0.1) is 5.92 Å². The van der Waals surface area contributed by atoms with Crippen LogP contribution in [0.5, 0.6) is 0 Å². The third kappa shape index (κ3) is 4.47. The molecule has 2 aromatic rings. The van der Waals surface area contributed by atoms with Gasteiger partial charge in [-0.2, -0.15) is 0 Å². The first kappa shape index (κ1) is 17.2. The van der Waals surface area contributed by atoms with Crippen molar-refractivity contribution in [2.45, 2.75) is 13.8 Å². The highest BCUT2D eigenvalue weighted by molar-refractivity contribution is 5.92. The van der Waals surface area contributed by atoms with Crippen LogP contribution in [0.2, 0.25) is 0 Å². The second-order valence-electron chi connectivity index (χ2n) is 6.66. The molecule has 0 unspecified atom stereocenters. The van der Waals surface area contributed by atoms with Crippen LogP contribution >= 0.6 is 0 Å². The minimum Gasteiger partial charge on any atom is -0.368 e. The number of amides is 1. The van der Waals surface area contributed by atoms with Gasteiger partial charge in [0.15, 0.2) is 0 Å². The number of carbonyl (C=O) groups excluding carboxylic acids is 1. The predicted octanol–water partition coefficient (Wildman–Crippen LogP) is 2.51. The maximum Gasteiger partial charge on any atom is 0.272 e. The zero-order valence-corrected chi connectivity index (χ0v) is 14.9. The molecule has 6 nitrogen and oxygen atoms in total. The van der Waals surface area contributed by atoms with Crippen molar-refractivity contribution >= 4 is 17.5 Å². The molecule has 1 amide bonds. The van der Waals surface area contributed by atoms with Gasteiger partial charge in [-0.3, -0.25) is 4.79 Å². The average molecular weight is 339 g/mol. The van der Waals surface area contributed by atoms with Crippen molar-refractivity contribution in [3.05, 3.63) is 48.3 Å². The van der Waals surface area contributed by atoms with Crippen molar-refractivity contribution in [1.29, 1.82) is 0 Å². The van der Waals surface area contributed by atoms with Gasteiger partial charge in [0.1, 0.15) is 5.69 Å². The lowest BCUT2D eigenvalue weighted by Crippen LogP contribution is -2.49. The van der Waals surface area contributed by atoms with Crippen molar-refractivity contribution in [1.82, 2.24) is 14.9 Å². The van der Waals surface area contributed by atoms with Gasteiger partial charge in [-0.05, 0) is 24.1 Å². The summed E-state index contributed by atoms with van der Waals surface area (Å²) in [5, 5.41) is 3.17. The van der Waals surface area contributed by atoms with E-state index in [1.807, 2.05) is 23.1 Å². The van der Waals surface area contributed by atoms with Crippen molar-refractivity contribution in [3.63, 3.8) is 0 Å². The zero-order valence-electron chi connectivity index (χ0n) is 14.9. The topological polar surface area (TPSA) is 61.4 Å². The number of anilines is 2. The van der Waals surface area contributed by atoms with Gasteiger partial charge in [0, 0.05) is 44.6 Å². The van der Waals surface area contributed by atoms with Crippen LogP contribution < -0.4 is 10.2 Å². The van der Waals surface area contributed by atoms with Crippen LogP contribution in [0.1, 0.15) is 24.3 Å². The van der Waals surface area contributed by atoms with E-state index < -0.39 is 0 Å². The van der Waals surface area contributed by atoms with Gasteiger partial charge >= 0.3 is 0 Å². The van der Waals surface area contributed by atoms with E-state index in [9.17, 15) is 4.79 Å². The van der Waals surface area contributed by atoms with Crippen LogP contribution in [0.4, 0.5) is 11.6 Å². The monoisotopic (exact) mass is 339 g/mol. The Kier molecular flexibility index (Phi) is 5.48. The molecular formula is C19H25N5O. The summed E-state index contributed by atoms with van der Waals surface area (Å²) in [4.78, 5) is 25.5. The fourth-order valence-electron chi connectivity index (χ4n) is 2.83. The van der Waals surface area contributed by atoms with E-state index in [1.165, 1.54) is 5.69 Å². The Hall–Kier alpha value is -2.63. The summed E-state index contributed by atoms with van der Waals surface area (Å²) in [6.45, 7) is 8.09. The van der Waals surface area contributed by atoms with E-state index in [1.54, 1.807) is 12.3 Å². The van der Waals surface area contributed by atoms with Crippen molar-refractivity contribution < 1.29 is 4.79 Å². The molecule has 25 heavy (non-hydrogen) atoms. The first-order chi connectivity index (χ1) is 12.1. The maximum absolute atomic E-state index is 12.7. The first-order valence-electron chi connectivity index (χ1n) is 8.79. The molecule has 1 aromatic heterocycles. The summed E-state index contributed by atoms with van der Waals surface area (Å²) in [6, 6.07) is 12.0. The molecule has 1 fully saturated rings. The molecule has 1 aliphatic heterocycles. The minimum atomic E-state index is -0.0253. The standard InChI is InChI=1S/C19H25N5O/c1-15(2)14-21-19-20-9-8-17(22-19)18(25)24-12-10-23(11-13-24)16-6-4-3-5-7-16/h3-9,15H,10-14H2,1-2H3,(H,20,21,22). The molecule has 0 bridgehead atoms. The SMILES string of the molecule is CC(C)CNc1nccc(C(=O)N2CCN(c3ccccc3)CC2)n1. The van der Waals surface area contributed by atoms with Gasteiger partial charge in [-0.15, -0.1) is 0 Å². The average Bonchev–Trinajstić information content (AvgIpc) is 2.67. The largest absolute Gasteiger partial charge is 0.368 e. The number of nitrogens with zero attached hydrogens (tertiary/aromatic N) is 4. The summed E-state index contributed by atoms with van der Waals surface area (Å²) >= 11 is 0. The smallest absolute Gasteiger partial charge is 0.272 e. The summed E-state index contributed by atoms with van der Waals surface area (Å²) in [7, 11) is 0. The molecule has 1 saturated heterocycles. The van der Waals surface area contributed by atoms with E-state index in [0.717, 1.165) is 19.6 Å². The lowest BCUT2D eigenvalue weighted by molar-refractivity contribution is 0.0741. The van der Waals surface area contributed by atoms with Gasteiger partial charge in [0.05, 0.1) is 0 Å². The zero-order chi connectivity index (χ0) is 17.6. The van der Waals surface area contributed by atoms with Crippen LogP contribution in [-0.2, 0) is 0 Å². The normalized spacial score (nSPS) is 14.7. The highest BCUT2D eigenvalue weighted by Crippen LogP contribution is 2.16. The number of benzene rings is 1. The summed E-state index contributed by atoms with van der Waals surface area (Å²) in [6.07, 6.45) is 1.64. The quantitative estimate of drug-likeness (QED) is 0.907. The van der Waals surface area contributed by atoms with Gasteiger partial charge in [-0.25, -0.2) is 9.97 Å². The summed E-state index contributed by atoms with van der Waals surface area (Å²) < 4.78 is 0. The Labute approximate surface area is 148 Å². The van der Waals surface area contributed by atoms with E-state index in [2.05, 4.69) is 46.2 Å². The number of piperazine rings is 1. The van der Waals surface area contributed by atoms with Crippen LogP contribution in [-0.4, -0.2) is 53.5 Å². The molecule has 0 spiro atoms.